The van der Waals surface area contributed by atoms with Gasteiger partial charge in [0.1, 0.15) is 18.5 Å². The molecule has 10 nitrogen and oxygen atoms in total. The molecular formula is C30H50N4O6Si. The fourth-order valence-corrected chi connectivity index (χ4v) is 5.16. The molecule has 2 rings (SSSR count). The average molecular weight is 591 g/mol. The molecule has 0 fully saturated rings. The van der Waals surface area contributed by atoms with Gasteiger partial charge in [-0.2, -0.15) is 0 Å². The molecule has 1 aromatic rings. The number of urea groups is 1. The Hall–Kier alpha value is -3.05. The molecule has 0 saturated carbocycles. The van der Waals surface area contributed by atoms with E-state index in [0.717, 1.165) is 0 Å². The summed E-state index contributed by atoms with van der Waals surface area (Å²) >= 11 is 0. The van der Waals surface area contributed by atoms with Crippen LogP contribution in [-0.4, -0.2) is 87.7 Å². The van der Waals surface area contributed by atoms with E-state index in [4.69, 9.17) is 13.9 Å². The molecule has 1 aliphatic heterocycles. The monoisotopic (exact) mass is 590 g/mol. The molecule has 0 aliphatic carbocycles. The number of anilines is 1. The summed E-state index contributed by atoms with van der Waals surface area (Å²) in [5.41, 5.74) is 0.805. The van der Waals surface area contributed by atoms with Crippen LogP contribution in [0.15, 0.2) is 30.9 Å². The lowest BCUT2D eigenvalue weighted by Crippen LogP contribution is -2.52. The first-order valence-corrected chi connectivity index (χ1v) is 17.2. The number of likely N-dealkylation sites (N-methyl/N-ethyl adjacent to an activating group) is 1. The third kappa shape index (κ3) is 9.49. The van der Waals surface area contributed by atoms with Crippen molar-refractivity contribution in [2.75, 3.05) is 38.7 Å². The largest absolute Gasteiger partial charge is 0.487 e. The molecule has 11 heteroatoms. The number of rotatable bonds is 10. The third-order valence-corrected chi connectivity index (χ3v) is 12.2. The summed E-state index contributed by atoms with van der Waals surface area (Å²) in [5, 5.41) is 5.62. The fraction of sp³-hybridized carbons (Fsp3) is 0.633. The van der Waals surface area contributed by atoms with Crippen molar-refractivity contribution >= 4 is 32.0 Å². The van der Waals surface area contributed by atoms with Gasteiger partial charge in [-0.15, -0.1) is 0 Å². The van der Waals surface area contributed by atoms with Crippen LogP contribution >= 0.6 is 0 Å². The lowest BCUT2D eigenvalue weighted by atomic mass is 9.99. The Bertz CT molecular complexity index is 1090. The Morgan fingerprint density at radius 2 is 1.93 bits per heavy atom. The minimum Gasteiger partial charge on any atom is -0.487 e. The summed E-state index contributed by atoms with van der Waals surface area (Å²) < 4.78 is 18.1. The van der Waals surface area contributed by atoms with Gasteiger partial charge in [-0.05, 0) is 57.1 Å². The highest BCUT2D eigenvalue weighted by Gasteiger charge is 2.39. The molecule has 0 aromatic heterocycles. The Morgan fingerprint density at radius 1 is 1.27 bits per heavy atom. The van der Waals surface area contributed by atoms with E-state index in [1.165, 1.54) is 11.0 Å². The number of benzene rings is 1. The topological polar surface area (TPSA) is 109 Å². The van der Waals surface area contributed by atoms with Gasteiger partial charge in [0.25, 0.3) is 5.91 Å². The fourth-order valence-electron chi connectivity index (χ4n) is 4.07. The predicted molar refractivity (Wildman–Crippen MR) is 165 cm³/mol. The molecule has 41 heavy (non-hydrogen) atoms. The molecule has 0 spiro atoms. The molecule has 0 radical (unpaired) electrons. The van der Waals surface area contributed by atoms with Crippen LogP contribution in [0.1, 0.15) is 58.8 Å². The molecule has 0 bridgehead atoms. The number of fused-ring (bicyclic) bond motifs is 1. The lowest BCUT2D eigenvalue weighted by molar-refractivity contribution is 0.0338. The SMILES string of the molecule is C=CCOC(=O)N(C)C[C@@H]1Oc2ccc(NC(=O)NC(C)C)cc2C(=O)N([C@H](C)CO[Si](C)(C)C(C)(C)C)C[C@H]1C. The van der Waals surface area contributed by atoms with Gasteiger partial charge in [0.2, 0.25) is 0 Å². The molecular weight excluding hydrogens is 540 g/mol. The third-order valence-electron chi connectivity index (χ3n) is 7.66. The minimum absolute atomic E-state index is 0.0355. The van der Waals surface area contributed by atoms with Gasteiger partial charge >= 0.3 is 12.1 Å². The zero-order valence-electron chi connectivity index (χ0n) is 26.5. The second-order valence-corrected chi connectivity index (χ2v) is 17.5. The summed E-state index contributed by atoms with van der Waals surface area (Å²) in [4.78, 5) is 42.2. The van der Waals surface area contributed by atoms with Crippen LogP contribution < -0.4 is 15.4 Å². The van der Waals surface area contributed by atoms with Gasteiger partial charge in [0.05, 0.1) is 24.8 Å². The van der Waals surface area contributed by atoms with Crippen LogP contribution in [0.4, 0.5) is 15.3 Å². The summed E-state index contributed by atoms with van der Waals surface area (Å²) in [6.07, 6.45) is 0.603. The smallest absolute Gasteiger partial charge is 0.409 e. The molecule has 3 atom stereocenters. The summed E-state index contributed by atoms with van der Waals surface area (Å²) in [6, 6.07) is 4.40. The van der Waals surface area contributed by atoms with Crippen molar-refractivity contribution in [2.45, 2.75) is 84.8 Å². The molecule has 230 valence electrons. The Kier molecular flexibility index (Phi) is 11.8. The number of amides is 4. The number of hydrogen-bond acceptors (Lipinski definition) is 6. The van der Waals surface area contributed by atoms with Crippen LogP contribution in [0.2, 0.25) is 18.1 Å². The first-order chi connectivity index (χ1) is 19.0. The van der Waals surface area contributed by atoms with Gasteiger partial charge < -0.3 is 34.3 Å². The van der Waals surface area contributed by atoms with Crippen LogP contribution in [-0.2, 0) is 9.16 Å². The molecule has 4 amide bonds. The predicted octanol–water partition coefficient (Wildman–Crippen LogP) is 5.72. The number of nitrogens with zero attached hydrogens (tertiary/aromatic N) is 2. The van der Waals surface area contributed by atoms with Crippen molar-refractivity contribution < 1.29 is 28.3 Å². The van der Waals surface area contributed by atoms with E-state index in [-0.39, 0.29) is 48.1 Å². The zero-order chi connectivity index (χ0) is 31.1. The number of carbonyl (C=O) groups is 3. The Labute approximate surface area is 246 Å². The van der Waals surface area contributed by atoms with Crippen molar-refractivity contribution in [1.29, 1.82) is 0 Å². The summed E-state index contributed by atoms with van der Waals surface area (Å²) in [6.45, 7) is 23.4. The highest BCUT2D eigenvalue weighted by Crippen LogP contribution is 2.37. The van der Waals surface area contributed by atoms with E-state index in [9.17, 15) is 14.4 Å². The quantitative estimate of drug-likeness (QED) is 0.266. The van der Waals surface area contributed by atoms with Crippen LogP contribution in [0, 0.1) is 5.92 Å². The van der Waals surface area contributed by atoms with E-state index in [1.807, 2.05) is 32.6 Å². The van der Waals surface area contributed by atoms with E-state index < -0.39 is 20.5 Å². The molecule has 1 aromatic carbocycles. The second kappa shape index (κ2) is 14.2. The summed E-state index contributed by atoms with van der Waals surface area (Å²) in [5.74, 6) is 0.0618. The Balaban J connectivity index is 2.43. The van der Waals surface area contributed by atoms with Crippen LogP contribution in [0.5, 0.6) is 5.75 Å². The maximum atomic E-state index is 14.0. The normalized spacial score (nSPS) is 18.4. The van der Waals surface area contributed by atoms with Crippen molar-refractivity contribution in [1.82, 2.24) is 15.1 Å². The van der Waals surface area contributed by atoms with E-state index >= 15 is 0 Å². The maximum absolute atomic E-state index is 14.0. The molecule has 0 unspecified atom stereocenters. The van der Waals surface area contributed by atoms with Crippen molar-refractivity contribution in [2.24, 2.45) is 5.92 Å². The highest BCUT2D eigenvalue weighted by atomic mass is 28.4. The van der Waals surface area contributed by atoms with E-state index in [2.05, 4.69) is 51.1 Å². The van der Waals surface area contributed by atoms with Gasteiger partial charge in [0.15, 0.2) is 8.32 Å². The van der Waals surface area contributed by atoms with E-state index in [1.54, 1.807) is 25.2 Å². The van der Waals surface area contributed by atoms with Gasteiger partial charge in [-0.3, -0.25) is 4.79 Å². The number of hydrogen-bond donors (Lipinski definition) is 2. The van der Waals surface area contributed by atoms with Gasteiger partial charge in [-0.1, -0.05) is 40.3 Å². The van der Waals surface area contributed by atoms with Crippen molar-refractivity contribution in [3.05, 3.63) is 36.4 Å². The second-order valence-electron chi connectivity index (χ2n) is 12.7. The number of ether oxygens (including phenoxy) is 2. The number of carbonyl (C=O) groups excluding carboxylic acids is 3. The van der Waals surface area contributed by atoms with Crippen LogP contribution in [0.3, 0.4) is 0 Å². The van der Waals surface area contributed by atoms with E-state index in [0.29, 0.717) is 30.2 Å². The Morgan fingerprint density at radius 3 is 2.51 bits per heavy atom. The average Bonchev–Trinajstić information content (AvgIpc) is 2.86. The first-order valence-electron chi connectivity index (χ1n) is 14.3. The van der Waals surface area contributed by atoms with Gasteiger partial charge in [-0.25, -0.2) is 9.59 Å². The maximum Gasteiger partial charge on any atom is 0.409 e. The summed E-state index contributed by atoms with van der Waals surface area (Å²) in [7, 11) is -0.394. The number of nitrogens with one attached hydrogen (secondary N) is 2. The first kappa shape index (κ1) is 34.1. The van der Waals surface area contributed by atoms with Crippen molar-refractivity contribution in [3.63, 3.8) is 0 Å². The van der Waals surface area contributed by atoms with Gasteiger partial charge in [0, 0.05) is 31.2 Å². The standard InChI is InChI=1S/C30H50N4O6Si/c1-12-15-38-29(37)33(9)18-26-21(4)17-34(22(5)19-39-41(10,11)30(6,7)8)27(35)24-16-23(13-14-25(24)40-26)32-28(36)31-20(2)3/h12-14,16,20-22,26H,1,15,17-19H2,2-11H3,(H2,31,32,36)/t21-,22-,26+/m1/s1. The molecule has 0 saturated heterocycles. The molecule has 1 heterocycles. The van der Waals surface area contributed by atoms with Crippen LogP contribution in [0.25, 0.3) is 0 Å². The molecule has 2 N–H and O–H groups in total. The zero-order valence-corrected chi connectivity index (χ0v) is 27.5. The minimum atomic E-state index is -2.05. The lowest BCUT2D eigenvalue weighted by Gasteiger charge is -2.41. The molecule has 1 aliphatic rings. The van der Waals surface area contributed by atoms with Crippen molar-refractivity contribution in [3.8, 4) is 5.75 Å². The highest BCUT2D eigenvalue weighted by molar-refractivity contribution is 6.74.